The van der Waals surface area contributed by atoms with Crippen LogP contribution in [0.1, 0.15) is 31.0 Å². The number of hydrogen-bond donors (Lipinski definition) is 2. The van der Waals surface area contributed by atoms with E-state index in [1.807, 2.05) is 36.0 Å². The van der Waals surface area contributed by atoms with Crippen LogP contribution in [0.25, 0.3) is 0 Å². The first-order valence-corrected chi connectivity index (χ1v) is 7.17. The highest BCUT2D eigenvalue weighted by atomic mass is 35.5. The molecule has 0 aliphatic rings. The minimum absolute atomic E-state index is 0.327. The maximum atomic E-state index is 6.14. The molecule has 0 saturated heterocycles. The maximum Gasteiger partial charge on any atom is 0.147 e. The molecule has 3 N–H and O–H groups in total. The van der Waals surface area contributed by atoms with Gasteiger partial charge in [0.2, 0.25) is 0 Å². The molecule has 108 valence electrons. The predicted molar refractivity (Wildman–Crippen MR) is 85.4 cm³/mol. The van der Waals surface area contributed by atoms with E-state index in [1.54, 1.807) is 0 Å². The highest BCUT2D eigenvalue weighted by molar-refractivity contribution is 6.30. The van der Waals surface area contributed by atoms with Crippen molar-refractivity contribution < 1.29 is 0 Å². The third-order valence-electron chi connectivity index (χ3n) is 3.28. The molecule has 0 aliphatic heterocycles. The van der Waals surface area contributed by atoms with Crippen LogP contribution in [0.4, 0.5) is 11.5 Å². The lowest BCUT2D eigenvalue weighted by atomic mass is 10.1. The van der Waals surface area contributed by atoms with Gasteiger partial charge in [0.1, 0.15) is 5.82 Å². The van der Waals surface area contributed by atoms with E-state index in [9.17, 15) is 0 Å². The van der Waals surface area contributed by atoms with Crippen LogP contribution in [0.3, 0.4) is 0 Å². The van der Waals surface area contributed by atoms with Crippen molar-refractivity contribution in [2.24, 2.45) is 7.05 Å². The summed E-state index contributed by atoms with van der Waals surface area (Å²) in [5.74, 6) is 1.22. The van der Waals surface area contributed by atoms with Crippen molar-refractivity contribution in [1.82, 2.24) is 9.78 Å². The van der Waals surface area contributed by atoms with E-state index in [0.29, 0.717) is 5.92 Å². The van der Waals surface area contributed by atoms with Crippen molar-refractivity contribution >= 4 is 23.1 Å². The summed E-state index contributed by atoms with van der Waals surface area (Å²) in [6, 6.07) is 7.89. The molecule has 0 bridgehead atoms. The van der Waals surface area contributed by atoms with Gasteiger partial charge in [-0.15, -0.1) is 0 Å². The molecule has 0 unspecified atom stereocenters. The standard InChI is InChI=1S/C15H21ClN4/c1-10(2)14-13(17)15(20(3)19-14)18-9-8-11-4-6-12(16)7-5-11/h4-7,10,18H,8-9,17H2,1-3H3. The molecule has 20 heavy (non-hydrogen) atoms. The number of benzene rings is 1. The van der Waals surface area contributed by atoms with Gasteiger partial charge < -0.3 is 11.1 Å². The van der Waals surface area contributed by atoms with Gasteiger partial charge in [-0.2, -0.15) is 5.10 Å². The number of nitrogens with one attached hydrogen (secondary N) is 1. The zero-order valence-corrected chi connectivity index (χ0v) is 12.9. The summed E-state index contributed by atoms with van der Waals surface area (Å²) in [4.78, 5) is 0. The zero-order valence-electron chi connectivity index (χ0n) is 12.2. The fourth-order valence-electron chi connectivity index (χ4n) is 2.17. The summed E-state index contributed by atoms with van der Waals surface area (Å²) in [7, 11) is 1.91. The van der Waals surface area contributed by atoms with Crippen molar-refractivity contribution in [3.63, 3.8) is 0 Å². The average Bonchev–Trinajstić information content (AvgIpc) is 2.69. The first-order chi connectivity index (χ1) is 9.49. The molecular formula is C15H21ClN4. The molecule has 0 atom stereocenters. The number of aromatic nitrogens is 2. The molecule has 2 rings (SSSR count). The predicted octanol–water partition coefficient (Wildman–Crippen LogP) is 3.43. The summed E-state index contributed by atoms with van der Waals surface area (Å²) >= 11 is 5.87. The number of halogens is 1. The molecule has 4 nitrogen and oxygen atoms in total. The average molecular weight is 293 g/mol. The van der Waals surface area contributed by atoms with Crippen LogP contribution in [0, 0.1) is 0 Å². The fourth-order valence-corrected chi connectivity index (χ4v) is 2.30. The first kappa shape index (κ1) is 14.7. The van der Waals surface area contributed by atoms with Gasteiger partial charge in [-0.3, -0.25) is 4.68 Å². The van der Waals surface area contributed by atoms with Gasteiger partial charge in [0, 0.05) is 18.6 Å². The van der Waals surface area contributed by atoms with Crippen molar-refractivity contribution in [2.75, 3.05) is 17.6 Å². The smallest absolute Gasteiger partial charge is 0.147 e. The Balaban J connectivity index is 1.99. The molecule has 0 aliphatic carbocycles. The van der Waals surface area contributed by atoms with Crippen LogP contribution < -0.4 is 11.1 Å². The normalized spacial score (nSPS) is 11.1. The van der Waals surface area contributed by atoms with Gasteiger partial charge >= 0.3 is 0 Å². The van der Waals surface area contributed by atoms with Crippen molar-refractivity contribution in [3.05, 3.63) is 40.5 Å². The van der Waals surface area contributed by atoms with Crippen LogP contribution in [0.5, 0.6) is 0 Å². The molecule has 2 aromatic rings. The SMILES string of the molecule is CC(C)c1nn(C)c(NCCc2ccc(Cl)cc2)c1N. The van der Waals surface area contributed by atoms with Crippen molar-refractivity contribution in [1.29, 1.82) is 0 Å². The number of nitrogens with two attached hydrogens (primary N) is 1. The largest absolute Gasteiger partial charge is 0.394 e. The van der Waals surface area contributed by atoms with E-state index >= 15 is 0 Å². The Morgan fingerprint density at radius 2 is 1.95 bits per heavy atom. The number of hydrogen-bond acceptors (Lipinski definition) is 3. The second kappa shape index (κ2) is 6.18. The third-order valence-corrected chi connectivity index (χ3v) is 3.53. The van der Waals surface area contributed by atoms with Gasteiger partial charge in [0.15, 0.2) is 0 Å². The molecule has 0 radical (unpaired) electrons. The number of nitrogens with zero attached hydrogens (tertiary/aromatic N) is 2. The Labute approximate surface area is 124 Å². The van der Waals surface area contributed by atoms with Crippen LogP contribution in [-0.4, -0.2) is 16.3 Å². The Hall–Kier alpha value is -1.68. The molecule has 0 amide bonds. The summed E-state index contributed by atoms with van der Waals surface area (Å²) in [6.45, 7) is 5.00. The van der Waals surface area contributed by atoms with Gasteiger partial charge in [-0.1, -0.05) is 37.6 Å². The van der Waals surface area contributed by atoms with E-state index < -0.39 is 0 Å². The van der Waals surface area contributed by atoms with Crippen molar-refractivity contribution in [3.8, 4) is 0 Å². The monoisotopic (exact) mass is 292 g/mol. The van der Waals surface area contributed by atoms with Gasteiger partial charge in [0.05, 0.1) is 11.4 Å². The molecule has 1 heterocycles. The van der Waals surface area contributed by atoms with E-state index in [2.05, 4.69) is 24.3 Å². The Morgan fingerprint density at radius 1 is 1.30 bits per heavy atom. The van der Waals surface area contributed by atoms with Crippen LogP contribution in [-0.2, 0) is 13.5 Å². The Kier molecular flexibility index (Phi) is 4.55. The Morgan fingerprint density at radius 3 is 2.50 bits per heavy atom. The van der Waals surface area contributed by atoms with Gasteiger partial charge in [-0.25, -0.2) is 0 Å². The third kappa shape index (κ3) is 3.25. The van der Waals surface area contributed by atoms with E-state index in [1.165, 1.54) is 5.56 Å². The van der Waals surface area contributed by atoms with Crippen LogP contribution in [0.2, 0.25) is 5.02 Å². The Bertz CT molecular complexity index is 572. The first-order valence-electron chi connectivity index (χ1n) is 6.79. The quantitative estimate of drug-likeness (QED) is 0.887. The van der Waals surface area contributed by atoms with E-state index in [0.717, 1.165) is 35.2 Å². The number of anilines is 2. The van der Waals surface area contributed by atoms with E-state index in [-0.39, 0.29) is 0 Å². The molecule has 5 heteroatoms. The summed E-state index contributed by atoms with van der Waals surface area (Å²) < 4.78 is 1.81. The zero-order chi connectivity index (χ0) is 14.7. The highest BCUT2D eigenvalue weighted by Gasteiger charge is 2.15. The summed E-state index contributed by atoms with van der Waals surface area (Å²) in [6.07, 6.45) is 0.915. The number of nitrogen functional groups attached to an aromatic ring is 1. The number of aryl methyl sites for hydroxylation is 1. The minimum atomic E-state index is 0.327. The minimum Gasteiger partial charge on any atom is -0.394 e. The molecule has 0 spiro atoms. The second-order valence-corrected chi connectivity index (χ2v) is 5.67. The number of rotatable bonds is 5. The summed E-state index contributed by atoms with van der Waals surface area (Å²) in [5.41, 5.74) is 9.08. The molecule has 1 aromatic carbocycles. The molecule has 0 saturated carbocycles. The topological polar surface area (TPSA) is 55.9 Å². The van der Waals surface area contributed by atoms with Crippen LogP contribution >= 0.6 is 11.6 Å². The lowest BCUT2D eigenvalue weighted by Gasteiger charge is -2.08. The second-order valence-electron chi connectivity index (χ2n) is 5.23. The molecule has 1 aromatic heterocycles. The lowest BCUT2D eigenvalue weighted by molar-refractivity contribution is 0.715. The highest BCUT2D eigenvalue weighted by Crippen LogP contribution is 2.27. The van der Waals surface area contributed by atoms with E-state index in [4.69, 9.17) is 17.3 Å². The van der Waals surface area contributed by atoms with Crippen molar-refractivity contribution in [2.45, 2.75) is 26.2 Å². The maximum absolute atomic E-state index is 6.14. The van der Waals surface area contributed by atoms with Gasteiger partial charge in [0.25, 0.3) is 0 Å². The molecule has 0 fully saturated rings. The summed E-state index contributed by atoms with van der Waals surface area (Å²) in [5, 5.41) is 8.58. The van der Waals surface area contributed by atoms with Crippen LogP contribution in [0.15, 0.2) is 24.3 Å². The lowest BCUT2D eigenvalue weighted by Crippen LogP contribution is -2.10. The van der Waals surface area contributed by atoms with Gasteiger partial charge in [-0.05, 0) is 30.0 Å². The molecular weight excluding hydrogens is 272 g/mol. The fraction of sp³-hybridized carbons (Fsp3) is 0.400.